The lowest BCUT2D eigenvalue weighted by molar-refractivity contribution is 0.561. The summed E-state index contributed by atoms with van der Waals surface area (Å²) >= 11 is 1.59. The quantitative estimate of drug-likeness (QED) is 0.636. The van der Waals surface area contributed by atoms with Crippen molar-refractivity contribution in [1.29, 1.82) is 5.41 Å². The van der Waals surface area contributed by atoms with Crippen LogP contribution in [0.15, 0.2) is 0 Å². The van der Waals surface area contributed by atoms with E-state index in [1.54, 1.807) is 11.3 Å². The first kappa shape index (κ1) is 14.2. The van der Waals surface area contributed by atoms with Crippen molar-refractivity contribution in [1.82, 2.24) is 4.98 Å². The first-order valence-electron chi connectivity index (χ1n) is 6.16. The van der Waals surface area contributed by atoms with Crippen molar-refractivity contribution in [3.8, 4) is 0 Å². The van der Waals surface area contributed by atoms with Gasteiger partial charge < -0.3 is 5.73 Å². The summed E-state index contributed by atoms with van der Waals surface area (Å²) in [5.41, 5.74) is 6.58. The second-order valence-corrected chi connectivity index (χ2v) is 6.44. The van der Waals surface area contributed by atoms with Crippen LogP contribution in [0.1, 0.15) is 69.0 Å². The maximum absolute atomic E-state index is 7.67. The Balaban J connectivity index is 3.26. The van der Waals surface area contributed by atoms with Crippen LogP contribution in [0.4, 0.5) is 0 Å². The van der Waals surface area contributed by atoms with Gasteiger partial charge in [0, 0.05) is 11.3 Å². The van der Waals surface area contributed by atoms with E-state index in [-0.39, 0.29) is 11.3 Å². The van der Waals surface area contributed by atoms with Gasteiger partial charge in [0.2, 0.25) is 0 Å². The summed E-state index contributed by atoms with van der Waals surface area (Å²) in [6, 6.07) is 0. The van der Waals surface area contributed by atoms with E-state index >= 15 is 0 Å². The second kappa shape index (κ2) is 5.17. The summed E-state index contributed by atoms with van der Waals surface area (Å²) in [4.78, 5) is 5.59. The highest BCUT2D eigenvalue weighted by atomic mass is 32.1. The number of nitrogens with zero attached hydrogens (tertiary/aromatic N) is 1. The number of hydrogen-bond donors (Lipinski definition) is 2. The van der Waals surface area contributed by atoms with E-state index in [1.165, 1.54) is 0 Å². The van der Waals surface area contributed by atoms with Crippen molar-refractivity contribution in [2.75, 3.05) is 0 Å². The molecule has 0 radical (unpaired) electrons. The van der Waals surface area contributed by atoms with E-state index in [9.17, 15) is 0 Å². The molecule has 1 heterocycles. The molecule has 0 amide bonds. The molecule has 0 aliphatic rings. The number of nitrogens with two attached hydrogens (primary N) is 1. The Bertz CT molecular complexity index is 397. The van der Waals surface area contributed by atoms with Gasteiger partial charge in [-0.15, -0.1) is 11.3 Å². The van der Waals surface area contributed by atoms with Gasteiger partial charge in [-0.2, -0.15) is 0 Å². The highest BCUT2D eigenvalue weighted by Gasteiger charge is 2.26. The van der Waals surface area contributed by atoms with Crippen molar-refractivity contribution in [3.63, 3.8) is 0 Å². The zero-order valence-electron chi connectivity index (χ0n) is 11.4. The Morgan fingerprint density at radius 3 is 2.18 bits per heavy atom. The molecule has 0 saturated heterocycles. The Kier molecular flexibility index (Phi) is 4.31. The standard InChI is InChI=1S/C13H23N3S/c1-6-8(7-2)12-16-10(13(3,4)5)9(17-12)11(14)15/h8H,6-7H2,1-5H3,(H3,14,15). The highest BCUT2D eigenvalue weighted by Crippen LogP contribution is 2.34. The number of nitrogen functional groups attached to an aromatic ring is 1. The fourth-order valence-electron chi connectivity index (χ4n) is 1.84. The molecule has 1 aromatic heterocycles. The average Bonchev–Trinajstić information content (AvgIpc) is 2.64. The maximum Gasteiger partial charge on any atom is 0.135 e. The summed E-state index contributed by atoms with van der Waals surface area (Å²) in [5, 5.41) is 8.80. The lowest BCUT2D eigenvalue weighted by Crippen LogP contribution is -2.19. The third kappa shape index (κ3) is 3.06. The molecule has 17 heavy (non-hydrogen) atoms. The van der Waals surface area contributed by atoms with Gasteiger partial charge in [0.15, 0.2) is 0 Å². The number of thiazole rings is 1. The fraction of sp³-hybridized carbons (Fsp3) is 0.692. The predicted molar refractivity (Wildman–Crippen MR) is 75.2 cm³/mol. The molecule has 3 N–H and O–H groups in total. The van der Waals surface area contributed by atoms with Crippen molar-refractivity contribution >= 4 is 17.2 Å². The molecule has 0 saturated carbocycles. The summed E-state index contributed by atoms with van der Waals surface area (Å²) in [6.07, 6.45) is 2.18. The van der Waals surface area contributed by atoms with Crippen LogP contribution >= 0.6 is 11.3 Å². The maximum atomic E-state index is 7.67. The lowest BCUT2D eigenvalue weighted by atomic mass is 9.91. The molecule has 96 valence electrons. The number of rotatable bonds is 4. The summed E-state index contributed by atoms with van der Waals surface area (Å²) < 4.78 is 0. The van der Waals surface area contributed by atoms with Gasteiger partial charge in [0.25, 0.3) is 0 Å². The van der Waals surface area contributed by atoms with Crippen LogP contribution < -0.4 is 5.73 Å². The minimum Gasteiger partial charge on any atom is -0.383 e. The molecule has 3 nitrogen and oxygen atoms in total. The lowest BCUT2D eigenvalue weighted by Gasteiger charge is -2.17. The predicted octanol–water partition coefficient (Wildman–Crippen LogP) is 3.63. The first-order chi connectivity index (χ1) is 7.81. The molecule has 0 spiro atoms. The van der Waals surface area contributed by atoms with Crippen LogP contribution in [0.5, 0.6) is 0 Å². The van der Waals surface area contributed by atoms with Crippen LogP contribution in [0.2, 0.25) is 0 Å². The van der Waals surface area contributed by atoms with Crippen molar-refractivity contribution in [2.24, 2.45) is 5.73 Å². The molecule has 1 aromatic rings. The Labute approximate surface area is 108 Å². The molecule has 0 bridgehead atoms. The normalized spacial score (nSPS) is 12.1. The van der Waals surface area contributed by atoms with Gasteiger partial charge in [-0.05, 0) is 12.8 Å². The van der Waals surface area contributed by atoms with Gasteiger partial charge in [0.05, 0.1) is 15.6 Å². The second-order valence-electron chi connectivity index (χ2n) is 5.41. The van der Waals surface area contributed by atoms with Gasteiger partial charge in [-0.3, -0.25) is 5.41 Å². The van der Waals surface area contributed by atoms with Crippen molar-refractivity contribution in [3.05, 3.63) is 15.6 Å². The van der Waals surface area contributed by atoms with E-state index in [2.05, 4.69) is 34.6 Å². The zero-order valence-corrected chi connectivity index (χ0v) is 12.2. The van der Waals surface area contributed by atoms with Gasteiger partial charge in [-0.1, -0.05) is 34.6 Å². The summed E-state index contributed by atoms with van der Waals surface area (Å²) in [5.74, 6) is 0.638. The monoisotopic (exact) mass is 253 g/mol. The topological polar surface area (TPSA) is 62.8 Å². The molecule has 0 aliphatic heterocycles. The minimum atomic E-state index is -0.0538. The zero-order chi connectivity index (χ0) is 13.2. The third-order valence-electron chi connectivity index (χ3n) is 2.93. The number of amidine groups is 1. The van der Waals surface area contributed by atoms with E-state index in [1.807, 2.05) is 0 Å². The van der Waals surface area contributed by atoms with Crippen molar-refractivity contribution in [2.45, 2.75) is 58.8 Å². The molecule has 4 heteroatoms. The fourth-order valence-corrected chi connectivity index (χ4v) is 3.24. The van der Waals surface area contributed by atoms with Gasteiger partial charge in [0.1, 0.15) is 5.84 Å². The van der Waals surface area contributed by atoms with Crippen LogP contribution in [0.3, 0.4) is 0 Å². The van der Waals surface area contributed by atoms with Crippen molar-refractivity contribution < 1.29 is 0 Å². The summed E-state index contributed by atoms with van der Waals surface area (Å²) in [7, 11) is 0. The number of nitrogens with one attached hydrogen (secondary N) is 1. The van der Waals surface area contributed by atoms with Crippen LogP contribution in [-0.4, -0.2) is 10.8 Å². The molecule has 0 aliphatic carbocycles. The van der Waals surface area contributed by atoms with E-state index < -0.39 is 0 Å². The Hall–Kier alpha value is -0.900. The molecule has 0 aromatic carbocycles. The van der Waals surface area contributed by atoms with E-state index in [4.69, 9.17) is 16.1 Å². The summed E-state index contributed by atoms with van der Waals surface area (Å²) in [6.45, 7) is 10.7. The molecule has 0 atom stereocenters. The molecular weight excluding hydrogens is 230 g/mol. The number of hydrogen-bond acceptors (Lipinski definition) is 3. The SMILES string of the molecule is CCC(CC)c1nc(C(C)(C)C)c(C(=N)N)s1. The molecule has 1 rings (SSSR count). The van der Waals surface area contributed by atoms with E-state index in [0.717, 1.165) is 28.4 Å². The van der Waals surface area contributed by atoms with Crippen LogP contribution in [0.25, 0.3) is 0 Å². The number of aromatic nitrogens is 1. The first-order valence-corrected chi connectivity index (χ1v) is 6.98. The van der Waals surface area contributed by atoms with Gasteiger partial charge >= 0.3 is 0 Å². The molecule has 0 unspecified atom stereocenters. The smallest absolute Gasteiger partial charge is 0.135 e. The Morgan fingerprint density at radius 1 is 1.35 bits per heavy atom. The molecular formula is C13H23N3S. The van der Waals surface area contributed by atoms with Crippen LogP contribution in [-0.2, 0) is 5.41 Å². The average molecular weight is 253 g/mol. The van der Waals surface area contributed by atoms with Crippen LogP contribution in [0, 0.1) is 5.41 Å². The minimum absolute atomic E-state index is 0.0538. The highest BCUT2D eigenvalue weighted by molar-refractivity contribution is 7.14. The molecule has 0 fully saturated rings. The Morgan fingerprint density at radius 2 is 1.88 bits per heavy atom. The largest absolute Gasteiger partial charge is 0.383 e. The third-order valence-corrected chi connectivity index (χ3v) is 4.18. The van der Waals surface area contributed by atoms with E-state index in [0.29, 0.717) is 5.92 Å². The van der Waals surface area contributed by atoms with Gasteiger partial charge in [-0.25, -0.2) is 4.98 Å².